The molecular formula is C25H35N7O5. The smallest absolute Gasteiger partial charge is 0.407 e. The first kappa shape index (κ1) is 27.5. The zero-order valence-electron chi connectivity index (χ0n) is 22.2. The fourth-order valence-electron chi connectivity index (χ4n) is 3.72. The Balaban J connectivity index is 1.72. The quantitative estimate of drug-likeness (QED) is 0.352. The minimum atomic E-state index is -0.619. The first-order chi connectivity index (χ1) is 17.4. The minimum Gasteiger partial charge on any atom is -0.491 e. The Kier molecular flexibility index (Phi) is 8.41. The number of unbranched alkanes of at least 4 members (excludes halogenated alkanes) is 1. The summed E-state index contributed by atoms with van der Waals surface area (Å²) in [6.07, 6.45) is 0.834. The number of hydrogen-bond donors (Lipinski definition) is 3. The van der Waals surface area contributed by atoms with Gasteiger partial charge in [0.15, 0.2) is 0 Å². The van der Waals surface area contributed by atoms with Gasteiger partial charge in [-0.25, -0.2) is 9.78 Å². The fraction of sp³-hybridized carbons (Fsp3) is 0.480. The molecule has 3 amide bonds. The summed E-state index contributed by atoms with van der Waals surface area (Å²) in [7, 11) is 1.74. The molecule has 0 fully saturated rings. The van der Waals surface area contributed by atoms with E-state index in [2.05, 4.69) is 20.7 Å². The highest BCUT2D eigenvalue weighted by Crippen LogP contribution is 2.30. The number of fused-ring (bicyclic) bond motifs is 1. The van der Waals surface area contributed by atoms with E-state index in [0.29, 0.717) is 55.0 Å². The van der Waals surface area contributed by atoms with Crippen molar-refractivity contribution in [3.8, 4) is 5.75 Å². The van der Waals surface area contributed by atoms with Gasteiger partial charge in [0, 0.05) is 25.7 Å². The average molecular weight is 514 g/mol. The molecule has 37 heavy (non-hydrogen) atoms. The summed E-state index contributed by atoms with van der Waals surface area (Å²) in [6, 6.07) is 4.83. The lowest BCUT2D eigenvalue weighted by molar-refractivity contribution is 0.0526. The second-order valence-corrected chi connectivity index (χ2v) is 9.63. The molecular weight excluding hydrogens is 478 g/mol. The van der Waals surface area contributed by atoms with E-state index in [1.54, 1.807) is 55.3 Å². The first-order valence-electron chi connectivity index (χ1n) is 12.1. The molecule has 0 radical (unpaired) electrons. The van der Waals surface area contributed by atoms with E-state index >= 15 is 0 Å². The number of aromatic nitrogens is 4. The number of imidazole rings is 1. The topological polar surface area (TPSA) is 155 Å². The van der Waals surface area contributed by atoms with Gasteiger partial charge in [-0.1, -0.05) is 0 Å². The van der Waals surface area contributed by atoms with Crippen LogP contribution >= 0.6 is 0 Å². The van der Waals surface area contributed by atoms with Crippen LogP contribution in [0.4, 0.5) is 10.7 Å². The van der Waals surface area contributed by atoms with E-state index < -0.39 is 17.6 Å². The van der Waals surface area contributed by atoms with Crippen molar-refractivity contribution >= 4 is 34.9 Å². The number of hydrogen-bond acceptors (Lipinski definition) is 7. The van der Waals surface area contributed by atoms with Gasteiger partial charge in [-0.15, -0.1) is 0 Å². The number of nitrogens with one attached hydrogen (secondary N) is 2. The Labute approximate surface area is 215 Å². The lowest BCUT2D eigenvalue weighted by Crippen LogP contribution is -2.33. The monoisotopic (exact) mass is 513 g/mol. The predicted octanol–water partition coefficient (Wildman–Crippen LogP) is 3.13. The first-order valence-corrected chi connectivity index (χ1v) is 12.1. The second-order valence-electron chi connectivity index (χ2n) is 9.63. The molecule has 3 rings (SSSR count). The molecule has 0 bridgehead atoms. The molecule has 0 atom stereocenters. The van der Waals surface area contributed by atoms with E-state index in [9.17, 15) is 14.4 Å². The Morgan fingerprint density at radius 2 is 1.86 bits per heavy atom. The molecule has 2 heterocycles. The molecule has 4 N–H and O–H groups in total. The van der Waals surface area contributed by atoms with Crippen LogP contribution in [0, 0.1) is 6.92 Å². The highest BCUT2D eigenvalue weighted by Gasteiger charge is 2.20. The van der Waals surface area contributed by atoms with Crippen molar-refractivity contribution in [2.45, 2.75) is 59.6 Å². The Morgan fingerprint density at radius 3 is 2.51 bits per heavy atom. The second kappa shape index (κ2) is 11.3. The van der Waals surface area contributed by atoms with Crippen LogP contribution in [0.15, 0.2) is 18.2 Å². The lowest BCUT2D eigenvalue weighted by Gasteiger charge is -2.19. The van der Waals surface area contributed by atoms with Crippen molar-refractivity contribution in [3.05, 3.63) is 35.2 Å². The third-order valence-corrected chi connectivity index (χ3v) is 5.38. The van der Waals surface area contributed by atoms with Crippen molar-refractivity contribution in [1.82, 2.24) is 24.6 Å². The van der Waals surface area contributed by atoms with Gasteiger partial charge >= 0.3 is 6.09 Å². The van der Waals surface area contributed by atoms with Crippen molar-refractivity contribution in [1.29, 1.82) is 0 Å². The highest BCUT2D eigenvalue weighted by molar-refractivity contribution is 6.04. The number of aryl methyl sites for hydroxylation is 3. The van der Waals surface area contributed by atoms with E-state index in [4.69, 9.17) is 15.2 Å². The highest BCUT2D eigenvalue weighted by atomic mass is 16.6. The van der Waals surface area contributed by atoms with Crippen LogP contribution in [0.1, 0.15) is 67.1 Å². The van der Waals surface area contributed by atoms with Gasteiger partial charge in [0.1, 0.15) is 22.6 Å². The molecule has 0 unspecified atom stereocenters. The van der Waals surface area contributed by atoms with Gasteiger partial charge in [0.25, 0.3) is 5.91 Å². The maximum Gasteiger partial charge on any atom is 0.407 e. The van der Waals surface area contributed by atoms with Crippen molar-refractivity contribution < 1.29 is 23.9 Å². The molecule has 0 saturated carbocycles. The molecule has 3 aromatic rings. The van der Waals surface area contributed by atoms with E-state index in [0.717, 1.165) is 5.69 Å². The molecule has 0 aliphatic carbocycles. The summed E-state index contributed by atoms with van der Waals surface area (Å²) >= 11 is 0. The molecule has 0 aliphatic heterocycles. The van der Waals surface area contributed by atoms with Crippen LogP contribution in [-0.2, 0) is 18.3 Å². The van der Waals surface area contributed by atoms with Crippen molar-refractivity contribution in [2.75, 3.05) is 18.5 Å². The van der Waals surface area contributed by atoms with Gasteiger partial charge in [-0.3, -0.25) is 19.6 Å². The maximum absolute atomic E-state index is 12.9. The number of amides is 3. The minimum absolute atomic E-state index is 0.241. The number of benzene rings is 1. The van der Waals surface area contributed by atoms with Gasteiger partial charge in [0.05, 0.1) is 17.8 Å². The van der Waals surface area contributed by atoms with Gasteiger partial charge in [0.2, 0.25) is 11.9 Å². The van der Waals surface area contributed by atoms with Crippen molar-refractivity contribution in [2.24, 2.45) is 12.8 Å². The Morgan fingerprint density at radius 1 is 1.14 bits per heavy atom. The largest absolute Gasteiger partial charge is 0.491 e. The summed E-state index contributed by atoms with van der Waals surface area (Å²) in [5.41, 5.74) is 7.41. The standard InChI is InChI=1S/C25H35N7O5/c1-7-32-18(12-15(2)30-32)22(34)29-23-28-17-13-16(21(26)33)14-19(20(17)31(23)6)36-11-9-8-10-27-24(35)37-25(3,4)5/h12-14H,7-11H2,1-6H3,(H2,26,33)(H,27,35)(H,28,29,34). The number of anilines is 1. The number of rotatable bonds is 10. The number of nitrogens with zero attached hydrogens (tertiary/aromatic N) is 4. The maximum atomic E-state index is 12.9. The number of ether oxygens (including phenoxy) is 2. The summed E-state index contributed by atoms with van der Waals surface area (Å²) in [5.74, 6) is -0.270. The summed E-state index contributed by atoms with van der Waals surface area (Å²) in [5, 5.41) is 9.83. The zero-order chi connectivity index (χ0) is 27.3. The normalized spacial score (nSPS) is 11.4. The number of alkyl carbamates (subject to hydrolysis) is 1. The molecule has 0 saturated heterocycles. The van der Waals surface area contributed by atoms with Gasteiger partial charge in [-0.2, -0.15) is 5.10 Å². The molecule has 1 aromatic carbocycles. The summed E-state index contributed by atoms with van der Waals surface area (Å²) < 4.78 is 14.5. The average Bonchev–Trinajstić information content (AvgIpc) is 3.34. The Bertz CT molecular complexity index is 1300. The van der Waals surface area contributed by atoms with Gasteiger partial charge in [-0.05, 0) is 65.7 Å². The van der Waals surface area contributed by atoms with E-state index in [1.807, 2.05) is 13.8 Å². The van der Waals surface area contributed by atoms with E-state index in [1.165, 1.54) is 0 Å². The third-order valence-electron chi connectivity index (χ3n) is 5.38. The number of nitrogens with two attached hydrogens (primary N) is 1. The zero-order valence-corrected chi connectivity index (χ0v) is 22.2. The lowest BCUT2D eigenvalue weighted by atomic mass is 10.1. The van der Waals surface area contributed by atoms with Crippen LogP contribution in [0.2, 0.25) is 0 Å². The van der Waals surface area contributed by atoms with Crippen LogP contribution in [-0.4, -0.2) is 56.0 Å². The van der Waals surface area contributed by atoms with E-state index in [-0.39, 0.29) is 17.4 Å². The predicted molar refractivity (Wildman–Crippen MR) is 139 cm³/mol. The molecule has 12 nitrogen and oxygen atoms in total. The molecule has 12 heteroatoms. The number of primary amides is 1. The van der Waals surface area contributed by atoms with Crippen LogP contribution in [0.25, 0.3) is 11.0 Å². The third kappa shape index (κ3) is 6.99. The van der Waals surface area contributed by atoms with Crippen LogP contribution in [0.3, 0.4) is 0 Å². The van der Waals surface area contributed by atoms with Crippen LogP contribution < -0.4 is 21.1 Å². The molecule has 200 valence electrons. The molecule has 0 aliphatic rings. The fourth-order valence-corrected chi connectivity index (χ4v) is 3.72. The van der Waals surface area contributed by atoms with Gasteiger partial charge < -0.3 is 25.1 Å². The molecule has 2 aromatic heterocycles. The van der Waals surface area contributed by atoms with Crippen molar-refractivity contribution in [3.63, 3.8) is 0 Å². The summed E-state index contributed by atoms with van der Waals surface area (Å²) in [4.78, 5) is 41.1. The number of carbonyl (C=O) groups is 3. The Hall–Kier alpha value is -4.09. The summed E-state index contributed by atoms with van der Waals surface area (Å²) in [6.45, 7) is 10.4. The number of carbonyl (C=O) groups excluding carboxylic acids is 3. The van der Waals surface area contributed by atoms with Crippen LogP contribution in [0.5, 0.6) is 5.75 Å². The SMILES string of the molecule is CCn1nc(C)cc1C(=O)Nc1nc2cc(C(N)=O)cc(OCCCCNC(=O)OC(C)(C)C)c2n1C. The molecule has 0 spiro atoms.